The second-order valence-corrected chi connectivity index (χ2v) is 17.0. The van der Waals surface area contributed by atoms with Gasteiger partial charge >= 0.3 is 5.69 Å². The van der Waals surface area contributed by atoms with Gasteiger partial charge in [0.25, 0.3) is 15.7 Å². The summed E-state index contributed by atoms with van der Waals surface area (Å²) in [4.78, 5) is 27.1. The summed E-state index contributed by atoms with van der Waals surface area (Å²) in [6.07, 6.45) is 0.0420. The molecule has 11 nitrogen and oxygen atoms in total. The Morgan fingerprint density at radius 1 is 1.35 bits per heavy atom. The SMILES string of the molecule is C=CCO[C@]12CS(=O)(=O)O[C@@]13[C@@H](CN2)O[C@@H](n1cc(C)c(=O)[nH]c1=O)[C@@H]3O[Si](C)(C)C(C)(C)C. The van der Waals surface area contributed by atoms with Crippen LogP contribution in [0.2, 0.25) is 18.1 Å². The van der Waals surface area contributed by atoms with Gasteiger partial charge in [-0.15, -0.1) is 6.58 Å². The number of nitrogens with one attached hydrogen (secondary N) is 2. The van der Waals surface area contributed by atoms with E-state index in [9.17, 15) is 18.0 Å². The van der Waals surface area contributed by atoms with Gasteiger partial charge < -0.3 is 13.9 Å². The Morgan fingerprint density at radius 3 is 2.65 bits per heavy atom. The van der Waals surface area contributed by atoms with Crippen molar-refractivity contribution in [2.45, 2.75) is 75.6 Å². The second-order valence-electron chi connectivity index (χ2n) is 10.7. The smallest absolute Gasteiger partial charge is 0.330 e. The van der Waals surface area contributed by atoms with Gasteiger partial charge in [-0.3, -0.25) is 23.8 Å². The number of aromatic nitrogens is 2. The standard InChI is InChI=1S/C21H33N3O8SSi/c1-8-9-29-20-12-33(27,28)32-21(20)14(10-22-20)30-17(15(21)31-34(6,7)19(3,4)5)24-11-13(2)16(25)23-18(24)26/h8,11,14-15,17,22H,1,9-10,12H2,2-7H3,(H,23,25,26)/t14-,15+,17-,20-,21-/m1/s1. The number of hydrogen-bond donors (Lipinski definition) is 2. The molecule has 0 bridgehead atoms. The topological polar surface area (TPSA) is 138 Å². The van der Waals surface area contributed by atoms with Crippen LogP contribution in [0.25, 0.3) is 0 Å². The highest BCUT2D eigenvalue weighted by molar-refractivity contribution is 7.87. The zero-order valence-electron chi connectivity index (χ0n) is 20.3. The maximum Gasteiger partial charge on any atom is 0.330 e. The summed E-state index contributed by atoms with van der Waals surface area (Å²) in [6.45, 7) is 15.7. The molecule has 190 valence electrons. The van der Waals surface area contributed by atoms with E-state index in [1.54, 1.807) is 6.92 Å². The maximum atomic E-state index is 12.9. The molecule has 0 aromatic carbocycles. The predicted octanol–water partition coefficient (Wildman–Crippen LogP) is 0.734. The van der Waals surface area contributed by atoms with Crippen molar-refractivity contribution < 1.29 is 26.5 Å². The van der Waals surface area contributed by atoms with E-state index in [1.807, 2.05) is 13.1 Å². The van der Waals surface area contributed by atoms with Gasteiger partial charge in [-0.05, 0) is 25.1 Å². The fourth-order valence-electron chi connectivity index (χ4n) is 4.68. The normalized spacial score (nSPS) is 34.7. The molecule has 1 spiro atoms. The van der Waals surface area contributed by atoms with Crippen molar-refractivity contribution in [3.05, 3.63) is 45.3 Å². The highest BCUT2D eigenvalue weighted by Gasteiger charge is 2.80. The zero-order valence-corrected chi connectivity index (χ0v) is 22.2. The Balaban J connectivity index is 1.93. The third-order valence-electron chi connectivity index (χ3n) is 7.41. The summed E-state index contributed by atoms with van der Waals surface area (Å²) in [5.74, 6) is -0.447. The van der Waals surface area contributed by atoms with Crippen LogP contribution in [0.5, 0.6) is 0 Å². The molecule has 0 amide bonds. The van der Waals surface area contributed by atoms with E-state index in [0.29, 0.717) is 5.56 Å². The molecule has 34 heavy (non-hydrogen) atoms. The van der Waals surface area contributed by atoms with Gasteiger partial charge in [0.1, 0.15) is 18.0 Å². The molecule has 3 aliphatic heterocycles. The molecule has 3 aliphatic rings. The molecule has 4 rings (SSSR count). The maximum absolute atomic E-state index is 12.9. The van der Waals surface area contributed by atoms with Crippen molar-refractivity contribution in [1.29, 1.82) is 0 Å². The Labute approximate surface area is 199 Å². The van der Waals surface area contributed by atoms with E-state index in [1.165, 1.54) is 16.8 Å². The summed E-state index contributed by atoms with van der Waals surface area (Å²) in [7, 11) is -6.59. The lowest BCUT2D eigenvalue weighted by Gasteiger charge is -2.45. The molecule has 3 saturated heterocycles. The molecule has 13 heteroatoms. The first-order valence-corrected chi connectivity index (χ1v) is 15.7. The van der Waals surface area contributed by atoms with Crippen LogP contribution >= 0.6 is 0 Å². The van der Waals surface area contributed by atoms with E-state index in [2.05, 4.69) is 37.7 Å². The zero-order chi connectivity index (χ0) is 25.3. The van der Waals surface area contributed by atoms with Gasteiger partial charge in [0.15, 0.2) is 25.9 Å². The van der Waals surface area contributed by atoms with E-state index in [4.69, 9.17) is 18.1 Å². The van der Waals surface area contributed by atoms with Crippen LogP contribution in [0, 0.1) is 6.92 Å². The van der Waals surface area contributed by atoms with Crippen LogP contribution in [0.15, 0.2) is 28.4 Å². The molecule has 0 unspecified atom stereocenters. The molecular weight excluding hydrogens is 482 g/mol. The number of hydrogen-bond acceptors (Lipinski definition) is 9. The Morgan fingerprint density at radius 2 is 2.03 bits per heavy atom. The molecule has 4 heterocycles. The highest BCUT2D eigenvalue weighted by atomic mass is 32.2. The molecule has 0 aliphatic carbocycles. The van der Waals surface area contributed by atoms with E-state index >= 15 is 0 Å². The lowest BCUT2D eigenvalue weighted by Crippen LogP contribution is -2.66. The van der Waals surface area contributed by atoms with Crippen molar-refractivity contribution in [3.63, 3.8) is 0 Å². The molecule has 0 saturated carbocycles. The van der Waals surface area contributed by atoms with Crippen LogP contribution in [-0.2, 0) is 28.2 Å². The van der Waals surface area contributed by atoms with Crippen molar-refractivity contribution in [2.24, 2.45) is 0 Å². The van der Waals surface area contributed by atoms with Crippen LogP contribution in [0.1, 0.15) is 32.6 Å². The molecule has 1 aromatic rings. The Hall–Kier alpha value is -1.61. The number of nitrogens with zero attached hydrogens (tertiary/aromatic N) is 1. The predicted molar refractivity (Wildman–Crippen MR) is 127 cm³/mol. The number of aryl methyl sites for hydroxylation is 1. The van der Waals surface area contributed by atoms with Gasteiger partial charge in [-0.2, -0.15) is 8.42 Å². The van der Waals surface area contributed by atoms with E-state index in [0.717, 1.165) is 0 Å². The first-order chi connectivity index (χ1) is 15.6. The van der Waals surface area contributed by atoms with Crippen LogP contribution in [0.3, 0.4) is 0 Å². The summed E-state index contributed by atoms with van der Waals surface area (Å²) >= 11 is 0. The minimum atomic E-state index is -4.02. The van der Waals surface area contributed by atoms with E-state index in [-0.39, 0.29) is 18.2 Å². The van der Waals surface area contributed by atoms with Gasteiger partial charge in [-0.25, -0.2) is 4.79 Å². The average Bonchev–Trinajstić information content (AvgIpc) is 3.23. The minimum Gasteiger partial charge on any atom is -0.406 e. The summed E-state index contributed by atoms with van der Waals surface area (Å²) < 4.78 is 52.0. The lowest BCUT2D eigenvalue weighted by molar-refractivity contribution is -0.163. The lowest BCUT2D eigenvalue weighted by atomic mass is 9.85. The quantitative estimate of drug-likeness (QED) is 0.319. The van der Waals surface area contributed by atoms with Gasteiger partial charge in [0, 0.05) is 18.3 Å². The molecule has 1 aromatic heterocycles. The van der Waals surface area contributed by atoms with Crippen LogP contribution in [-0.4, -0.2) is 68.7 Å². The first kappa shape index (κ1) is 25.5. The van der Waals surface area contributed by atoms with Crippen molar-refractivity contribution in [2.75, 3.05) is 18.9 Å². The van der Waals surface area contributed by atoms with Crippen LogP contribution in [0.4, 0.5) is 0 Å². The Kier molecular flexibility index (Phi) is 5.96. The number of H-pyrrole nitrogens is 1. The highest BCUT2D eigenvalue weighted by Crippen LogP contribution is 2.57. The molecule has 2 N–H and O–H groups in total. The summed E-state index contributed by atoms with van der Waals surface area (Å²) in [5.41, 5.74) is -3.95. The number of rotatable bonds is 6. The minimum absolute atomic E-state index is 0.0650. The average molecular weight is 516 g/mol. The van der Waals surface area contributed by atoms with Gasteiger partial charge in [-0.1, -0.05) is 26.8 Å². The summed E-state index contributed by atoms with van der Waals surface area (Å²) in [5, 5.41) is 2.92. The molecule has 5 atom stereocenters. The fourth-order valence-corrected chi connectivity index (χ4v) is 7.68. The van der Waals surface area contributed by atoms with Crippen molar-refractivity contribution in [3.8, 4) is 0 Å². The van der Waals surface area contributed by atoms with E-state index < -0.39 is 65.2 Å². The van der Waals surface area contributed by atoms with Gasteiger partial charge in [0.2, 0.25) is 0 Å². The van der Waals surface area contributed by atoms with Gasteiger partial charge in [0.05, 0.1) is 6.61 Å². The third kappa shape index (κ3) is 3.69. The molecule has 3 fully saturated rings. The number of ether oxygens (including phenoxy) is 2. The fraction of sp³-hybridized carbons (Fsp3) is 0.714. The largest absolute Gasteiger partial charge is 0.406 e. The molecular formula is C21H33N3O8SSi. The van der Waals surface area contributed by atoms with Crippen LogP contribution < -0.4 is 16.6 Å². The number of aromatic amines is 1. The Bertz CT molecular complexity index is 1220. The molecule has 0 radical (unpaired) electrons. The third-order valence-corrected chi connectivity index (χ3v) is 13.2. The van der Waals surface area contributed by atoms with Crippen molar-refractivity contribution in [1.82, 2.24) is 14.9 Å². The van der Waals surface area contributed by atoms with Crippen molar-refractivity contribution >= 4 is 18.4 Å². The summed E-state index contributed by atoms with van der Waals surface area (Å²) in [6, 6.07) is 0. The first-order valence-electron chi connectivity index (χ1n) is 11.2. The second kappa shape index (κ2) is 7.95. The monoisotopic (exact) mass is 515 g/mol.